The molecule has 5 nitrogen and oxygen atoms in total. The highest BCUT2D eigenvalue weighted by Crippen LogP contribution is 2.15. The first-order chi connectivity index (χ1) is 13.7. The Hall–Kier alpha value is -2.92. The maximum Gasteiger partial charge on any atom is 0.227 e. The Labute approximate surface area is 166 Å². The lowest BCUT2D eigenvalue weighted by Gasteiger charge is -2.34. The molecular formula is C23H26N4O. The molecule has 1 aliphatic heterocycles. The van der Waals surface area contributed by atoms with Gasteiger partial charge in [-0.05, 0) is 24.6 Å². The lowest BCUT2D eigenvalue weighted by molar-refractivity contribution is -0.132. The van der Waals surface area contributed by atoms with Crippen molar-refractivity contribution in [2.75, 3.05) is 26.2 Å². The van der Waals surface area contributed by atoms with Crippen LogP contribution >= 0.6 is 0 Å². The van der Waals surface area contributed by atoms with Gasteiger partial charge in [0.1, 0.15) is 0 Å². The molecule has 1 saturated heterocycles. The number of benzene rings is 2. The van der Waals surface area contributed by atoms with E-state index >= 15 is 0 Å². The summed E-state index contributed by atoms with van der Waals surface area (Å²) in [5.74, 6) is 0.221. The molecule has 0 bridgehead atoms. The first kappa shape index (κ1) is 18.4. The summed E-state index contributed by atoms with van der Waals surface area (Å²) < 4.78 is 1.95. The van der Waals surface area contributed by atoms with E-state index in [4.69, 9.17) is 0 Å². The van der Waals surface area contributed by atoms with Crippen molar-refractivity contribution >= 4 is 5.91 Å². The van der Waals surface area contributed by atoms with E-state index in [1.54, 1.807) is 0 Å². The van der Waals surface area contributed by atoms with E-state index in [1.165, 1.54) is 5.56 Å². The van der Waals surface area contributed by atoms with Gasteiger partial charge in [0, 0.05) is 44.5 Å². The standard InChI is InChI=1S/C23H26N4O/c1-19-21(18-27(24-19)22-10-6-3-7-11-22)17-25-12-14-26(15-13-25)23(28)16-20-8-4-2-5-9-20/h2-11,18H,12-17H2,1H3. The molecular weight excluding hydrogens is 348 g/mol. The van der Waals surface area contributed by atoms with Crippen molar-refractivity contribution in [1.82, 2.24) is 19.6 Å². The van der Waals surface area contributed by atoms with Crippen LogP contribution in [-0.4, -0.2) is 51.7 Å². The molecule has 0 saturated carbocycles. The molecule has 0 atom stereocenters. The normalized spacial score (nSPS) is 15.0. The van der Waals surface area contributed by atoms with Crippen LogP contribution in [0.1, 0.15) is 16.8 Å². The topological polar surface area (TPSA) is 41.4 Å². The van der Waals surface area contributed by atoms with Gasteiger partial charge in [0.2, 0.25) is 5.91 Å². The smallest absolute Gasteiger partial charge is 0.227 e. The summed E-state index contributed by atoms with van der Waals surface area (Å²) in [5.41, 5.74) is 4.46. The summed E-state index contributed by atoms with van der Waals surface area (Å²) in [4.78, 5) is 16.9. The van der Waals surface area contributed by atoms with E-state index in [-0.39, 0.29) is 5.91 Å². The van der Waals surface area contributed by atoms with Gasteiger partial charge in [-0.25, -0.2) is 4.68 Å². The Morgan fingerprint density at radius 1 is 0.929 bits per heavy atom. The molecule has 1 aliphatic rings. The number of rotatable bonds is 5. The number of piperazine rings is 1. The molecule has 3 aromatic rings. The van der Waals surface area contributed by atoms with E-state index in [1.807, 2.05) is 58.1 Å². The van der Waals surface area contributed by atoms with E-state index < -0.39 is 0 Å². The van der Waals surface area contributed by atoms with Crippen LogP contribution in [0.15, 0.2) is 66.9 Å². The van der Waals surface area contributed by atoms with Gasteiger partial charge in [-0.15, -0.1) is 0 Å². The minimum atomic E-state index is 0.221. The average Bonchev–Trinajstić information content (AvgIpc) is 3.10. The lowest BCUT2D eigenvalue weighted by atomic mass is 10.1. The summed E-state index contributed by atoms with van der Waals surface area (Å²) in [5, 5.41) is 4.66. The summed E-state index contributed by atoms with van der Waals surface area (Å²) in [6.45, 7) is 6.32. The van der Waals surface area contributed by atoms with Gasteiger partial charge < -0.3 is 4.90 Å². The zero-order valence-electron chi connectivity index (χ0n) is 16.3. The number of carbonyl (C=O) groups is 1. The van der Waals surface area contributed by atoms with E-state index in [0.29, 0.717) is 6.42 Å². The van der Waals surface area contributed by atoms with Crippen LogP contribution < -0.4 is 0 Å². The molecule has 0 N–H and O–H groups in total. The fraction of sp³-hybridized carbons (Fsp3) is 0.304. The van der Waals surface area contributed by atoms with Crippen LogP contribution in [0.5, 0.6) is 0 Å². The summed E-state index contributed by atoms with van der Waals surface area (Å²) in [6.07, 6.45) is 2.61. The molecule has 1 aromatic heterocycles. The molecule has 5 heteroatoms. The third-order valence-electron chi connectivity index (χ3n) is 5.34. The molecule has 0 spiro atoms. The lowest BCUT2D eigenvalue weighted by Crippen LogP contribution is -2.48. The number of amides is 1. The predicted octanol–water partition coefficient (Wildman–Crippen LogP) is 3.07. The summed E-state index contributed by atoms with van der Waals surface area (Å²) in [6, 6.07) is 20.2. The van der Waals surface area contributed by atoms with Gasteiger partial charge in [-0.3, -0.25) is 9.69 Å². The molecule has 144 valence electrons. The number of para-hydroxylation sites is 1. The van der Waals surface area contributed by atoms with Crippen LogP contribution in [0.3, 0.4) is 0 Å². The van der Waals surface area contributed by atoms with Crippen molar-refractivity contribution in [2.24, 2.45) is 0 Å². The molecule has 4 rings (SSSR count). The Kier molecular flexibility index (Phi) is 5.53. The van der Waals surface area contributed by atoms with Crippen LogP contribution in [0.2, 0.25) is 0 Å². The molecule has 1 fully saturated rings. The maximum absolute atomic E-state index is 12.5. The summed E-state index contributed by atoms with van der Waals surface area (Å²) >= 11 is 0. The molecule has 2 heterocycles. The second-order valence-corrected chi connectivity index (χ2v) is 7.34. The van der Waals surface area contributed by atoms with Gasteiger partial charge in [-0.1, -0.05) is 48.5 Å². The average molecular weight is 374 g/mol. The van der Waals surface area contributed by atoms with Crippen LogP contribution in [-0.2, 0) is 17.8 Å². The number of aromatic nitrogens is 2. The SMILES string of the molecule is Cc1nn(-c2ccccc2)cc1CN1CCN(C(=O)Cc2ccccc2)CC1. The van der Waals surface area contributed by atoms with E-state index in [9.17, 15) is 4.79 Å². The van der Waals surface area contributed by atoms with Gasteiger partial charge in [0.25, 0.3) is 0 Å². The van der Waals surface area contributed by atoms with Crippen molar-refractivity contribution in [2.45, 2.75) is 19.9 Å². The first-order valence-corrected chi connectivity index (χ1v) is 9.83. The highest BCUT2D eigenvalue weighted by molar-refractivity contribution is 5.78. The van der Waals surface area contributed by atoms with Crippen molar-refractivity contribution in [1.29, 1.82) is 0 Å². The molecule has 0 aliphatic carbocycles. The van der Waals surface area contributed by atoms with E-state index in [0.717, 1.165) is 49.7 Å². The molecule has 0 unspecified atom stereocenters. The van der Waals surface area contributed by atoms with Crippen molar-refractivity contribution in [3.63, 3.8) is 0 Å². The van der Waals surface area contributed by atoms with Crippen LogP contribution in [0, 0.1) is 6.92 Å². The molecule has 1 amide bonds. The minimum absolute atomic E-state index is 0.221. The van der Waals surface area contributed by atoms with Gasteiger partial charge >= 0.3 is 0 Å². The molecule has 0 radical (unpaired) electrons. The van der Waals surface area contributed by atoms with Gasteiger partial charge in [0.15, 0.2) is 0 Å². The first-order valence-electron chi connectivity index (χ1n) is 9.83. The van der Waals surface area contributed by atoms with Gasteiger partial charge in [0.05, 0.1) is 17.8 Å². The second-order valence-electron chi connectivity index (χ2n) is 7.34. The molecule has 2 aromatic carbocycles. The van der Waals surface area contributed by atoms with Crippen molar-refractivity contribution in [3.05, 3.63) is 83.7 Å². The minimum Gasteiger partial charge on any atom is -0.340 e. The zero-order valence-corrected chi connectivity index (χ0v) is 16.3. The number of carbonyl (C=O) groups excluding carboxylic acids is 1. The Bertz CT molecular complexity index is 912. The summed E-state index contributed by atoms with van der Waals surface area (Å²) in [7, 11) is 0. The Balaban J connectivity index is 1.32. The fourth-order valence-electron chi connectivity index (χ4n) is 3.64. The molecule has 28 heavy (non-hydrogen) atoms. The van der Waals surface area contributed by atoms with Gasteiger partial charge in [-0.2, -0.15) is 5.10 Å². The fourth-order valence-corrected chi connectivity index (χ4v) is 3.64. The number of aryl methyl sites for hydroxylation is 1. The largest absolute Gasteiger partial charge is 0.340 e. The number of hydrogen-bond donors (Lipinski definition) is 0. The zero-order chi connectivity index (χ0) is 19.3. The Morgan fingerprint density at radius 2 is 1.57 bits per heavy atom. The number of nitrogens with zero attached hydrogens (tertiary/aromatic N) is 4. The Morgan fingerprint density at radius 3 is 2.25 bits per heavy atom. The number of hydrogen-bond acceptors (Lipinski definition) is 3. The third-order valence-corrected chi connectivity index (χ3v) is 5.34. The predicted molar refractivity (Wildman–Crippen MR) is 110 cm³/mol. The van der Waals surface area contributed by atoms with Crippen molar-refractivity contribution in [3.8, 4) is 5.69 Å². The van der Waals surface area contributed by atoms with Crippen molar-refractivity contribution < 1.29 is 4.79 Å². The quantitative estimate of drug-likeness (QED) is 0.689. The monoisotopic (exact) mass is 374 g/mol. The second kappa shape index (κ2) is 8.40. The highest BCUT2D eigenvalue weighted by atomic mass is 16.2. The third kappa shape index (κ3) is 4.31. The van der Waals surface area contributed by atoms with E-state index in [2.05, 4.69) is 35.3 Å². The maximum atomic E-state index is 12.5. The van der Waals surface area contributed by atoms with Crippen LogP contribution in [0.25, 0.3) is 5.69 Å². The highest BCUT2D eigenvalue weighted by Gasteiger charge is 2.22. The van der Waals surface area contributed by atoms with Crippen LogP contribution in [0.4, 0.5) is 0 Å².